The zero-order chi connectivity index (χ0) is 13.8. The fourth-order valence-corrected chi connectivity index (χ4v) is 4.51. The summed E-state index contributed by atoms with van der Waals surface area (Å²) in [6, 6.07) is 6.67. The fourth-order valence-electron chi connectivity index (χ4n) is 3.24. The van der Waals surface area contributed by atoms with Gasteiger partial charge in [-0.25, -0.2) is 0 Å². The standard InChI is InChI=1S/C16H25N3S/c1-14(16-4-2-3-6-17-16)19-9-7-18(8-10-19)12-15-5-11-20-13-15/h2-4,6,14-15H,5,7-13H2,1H3/t14-,15-/m0/s1. The Morgan fingerprint density at radius 1 is 1.30 bits per heavy atom. The van der Waals surface area contributed by atoms with Crippen LogP contribution in [0.3, 0.4) is 0 Å². The average molecular weight is 291 g/mol. The zero-order valence-electron chi connectivity index (χ0n) is 12.4. The van der Waals surface area contributed by atoms with E-state index in [1.807, 2.05) is 12.3 Å². The molecule has 0 radical (unpaired) electrons. The van der Waals surface area contributed by atoms with Crippen LogP contribution in [-0.4, -0.2) is 59.0 Å². The van der Waals surface area contributed by atoms with Gasteiger partial charge in [0.15, 0.2) is 0 Å². The largest absolute Gasteiger partial charge is 0.300 e. The highest BCUT2D eigenvalue weighted by Gasteiger charge is 2.25. The SMILES string of the molecule is C[C@@H](c1ccccn1)N1CCN(C[C@@H]2CCSC2)CC1. The maximum absolute atomic E-state index is 4.50. The van der Waals surface area contributed by atoms with Crippen molar-refractivity contribution in [3.05, 3.63) is 30.1 Å². The first-order valence-corrected chi connectivity index (χ1v) is 8.93. The van der Waals surface area contributed by atoms with Gasteiger partial charge in [-0.05, 0) is 42.9 Å². The molecule has 0 amide bonds. The van der Waals surface area contributed by atoms with Gasteiger partial charge in [-0.2, -0.15) is 11.8 Å². The van der Waals surface area contributed by atoms with Crippen molar-refractivity contribution in [2.75, 3.05) is 44.2 Å². The number of piperazine rings is 1. The van der Waals surface area contributed by atoms with Gasteiger partial charge in [0.2, 0.25) is 0 Å². The smallest absolute Gasteiger partial charge is 0.0572 e. The van der Waals surface area contributed by atoms with E-state index in [0.717, 1.165) is 5.92 Å². The van der Waals surface area contributed by atoms with E-state index in [-0.39, 0.29) is 0 Å². The van der Waals surface area contributed by atoms with Gasteiger partial charge in [-0.15, -0.1) is 0 Å². The quantitative estimate of drug-likeness (QED) is 0.848. The Morgan fingerprint density at radius 3 is 2.80 bits per heavy atom. The van der Waals surface area contributed by atoms with Crippen LogP contribution in [0.25, 0.3) is 0 Å². The van der Waals surface area contributed by atoms with Gasteiger partial charge < -0.3 is 4.90 Å². The lowest BCUT2D eigenvalue weighted by molar-refractivity contribution is 0.0923. The van der Waals surface area contributed by atoms with E-state index in [2.05, 4.69) is 45.6 Å². The van der Waals surface area contributed by atoms with Crippen LogP contribution in [0.15, 0.2) is 24.4 Å². The number of aromatic nitrogens is 1. The minimum atomic E-state index is 0.445. The minimum absolute atomic E-state index is 0.445. The molecule has 0 aromatic carbocycles. The highest BCUT2D eigenvalue weighted by Crippen LogP contribution is 2.25. The second kappa shape index (κ2) is 6.92. The molecule has 3 nitrogen and oxygen atoms in total. The van der Waals surface area contributed by atoms with E-state index in [1.165, 1.54) is 56.3 Å². The first-order chi connectivity index (χ1) is 9.83. The van der Waals surface area contributed by atoms with Crippen molar-refractivity contribution >= 4 is 11.8 Å². The third kappa shape index (κ3) is 3.54. The molecule has 110 valence electrons. The fraction of sp³-hybridized carbons (Fsp3) is 0.688. The summed E-state index contributed by atoms with van der Waals surface area (Å²) in [7, 11) is 0. The van der Waals surface area contributed by atoms with E-state index in [0.29, 0.717) is 6.04 Å². The molecule has 0 unspecified atom stereocenters. The Hall–Kier alpha value is -0.580. The number of pyridine rings is 1. The number of nitrogens with zero attached hydrogens (tertiary/aromatic N) is 3. The maximum atomic E-state index is 4.50. The van der Waals surface area contributed by atoms with Crippen LogP contribution in [0.4, 0.5) is 0 Å². The van der Waals surface area contributed by atoms with Gasteiger partial charge in [0.1, 0.15) is 0 Å². The van der Waals surface area contributed by atoms with Crippen molar-refractivity contribution in [2.24, 2.45) is 5.92 Å². The summed E-state index contributed by atoms with van der Waals surface area (Å²) < 4.78 is 0. The van der Waals surface area contributed by atoms with E-state index in [1.54, 1.807) is 0 Å². The molecule has 4 heteroatoms. The molecule has 2 fully saturated rings. The molecule has 2 aliphatic rings. The van der Waals surface area contributed by atoms with Gasteiger partial charge in [-0.3, -0.25) is 9.88 Å². The van der Waals surface area contributed by atoms with Crippen molar-refractivity contribution < 1.29 is 0 Å². The Morgan fingerprint density at radius 2 is 2.15 bits per heavy atom. The van der Waals surface area contributed by atoms with E-state index in [4.69, 9.17) is 0 Å². The summed E-state index contributed by atoms with van der Waals surface area (Å²) >= 11 is 2.13. The lowest BCUT2D eigenvalue weighted by atomic mass is 10.1. The van der Waals surface area contributed by atoms with Crippen molar-refractivity contribution in [3.8, 4) is 0 Å². The highest BCUT2D eigenvalue weighted by atomic mass is 32.2. The molecular weight excluding hydrogens is 266 g/mol. The molecule has 2 saturated heterocycles. The molecule has 0 saturated carbocycles. The molecule has 20 heavy (non-hydrogen) atoms. The van der Waals surface area contributed by atoms with Crippen molar-refractivity contribution in [1.82, 2.24) is 14.8 Å². The van der Waals surface area contributed by atoms with Crippen LogP contribution in [0.5, 0.6) is 0 Å². The summed E-state index contributed by atoms with van der Waals surface area (Å²) in [5.74, 6) is 3.70. The molecule has 3 rings (SSSR count). The van der Waals surface area contributed by atoms with Crippen molar-refractivity contribution in [2.45, 2.75) is 19.4 Å². The zero-order valence-corrected chi connectivity index (χ0v) is 13.2. The highest BCUT2D eigenvalue weighted by molar-refractivity contribution is 7.99. The van der Waals surface area contributed by atoms with Gasteiger partial charge in [0.05, 0.1) is 5.69 Å². The first kappa shape index (κ1) is 14.4. The Kier molecular flexibility index (Phi) is 4.97. The van der Waals surface area contributed by atoms with Gasteiger partial charge in [0, 0.05) is 45.0 Å². The number of thioether (sulfide) groups is 1. The monoisotopic (exact) mass is 291 g/mol. The van der Waals surface area contributed by atoms with Crippen LogP contribution >= 0.6 is 11.8 Å². The average Bonchev–Trinajstić information content (AvgIpc) is 3.01. The van der Waals surface area contributed by atoms with Gasteiger partial charge >= 0.3 is 0 Å². The first-order valence-electron chi connectivity index (χ1n) is 7.78. The maximum Gasteiger partial charge on any atom is 0.0572 e. The van der Waals surface area contributed by atoms with E-state index < -0.39 is 0 Å². The molecule has 0 aliphatic carbocycles. The molecule has 0 bridgehead atoms. The summed E-state index contributed by atoms with van der Waals surface area (Å²) in [6.45, 7) is 8.40. The van der Waals surface area contributed by atoms with Crippen molar-refractivity contribution in [3.63, 3.8) is 0 Å². The summed E-state index contributed by atoms with van der Waals surface area (Å²) in [4.78, 5) is 9.73. The lowest BCUT2D eigenvalue weighted by Crippen LogP contribution is -2.48. The normalized spacial score (nSPS) is 26.8. The summed E-state index contributed by atoms with van der Waals surface area (Å²) in [5.41, 5.74) is 1.20. The molecule has 0 spiro atoms. The number of hydrogen-bond donors (Lipinski definition) is 0. The van der Waals surface area contributed by atoms with Crippen LogP contribution in [0, 0.1) is 5.92 Å². The molecular formula is C16H25N3S. The third-order valence-corrected chi connectivity index (χ3v) is 5.84. The molecule has 2 aliphatic heterocycles. The Labute approximate surface area is 126 Å². The van der Waals surface area contributed by atoms with Crippen LogP contribution in [0.1, 0.15) is 25.1 Å². The second-order valence-corrected chi connectivity index (χ2v) is 7.15. The minimum Gasteiger partial charge on any atom is -0.300 e. The van der Waals surface area contributed by atoms with Crippen LogP contribution in [0.2, 0.25) is 0 Å². The second-order valence-electron chi connectivity index (χ2n) is 6.00. The molecule has 2 atom stereocenters. The number of hydrogen-bond acceptors (Lipinski definition) is 4. The van der Waals surface area contributed by atoms with Gasteiger partial charge in [-0.1, -0.05) is 6.07 Å². The molecule has 1 aromatic heterocycles. The lowest BCUT2D eigenvalue weighted by Gasteiger charge is -2.38. The van der Waals surface area contributed by atoms with Gasteiger partial charge in [0.25, 0.3) is 0 Å². The predicted octanol–water partition coefficient (Wildman–Crippen LogP) is 2.51. The predicted molar refractivity (Wildman–Crippen MR) is 86.1 cm³/mol. The molecule has 1 aromatic rings. The Bertz CT molecular complexity index is 397. The van der Waals surface area contributed by atoms with E-state index in [9.17, 15) is 0 Å². The topological polar surface area (TPSA) is 19.4 Å². The number of rotatable bonds is 4. The summed E-state index contributed by atoms with van der Waals surface area (Å²) in [5, 5.41) is 0. The third-order valence-electron chi connectivity index (χ3n) is 4.61. The van der Waals surface area contributed by atoms with Crippen LogP contribution < -0.4 is 0 Å². The van der Waals surface area contributed by atoms with E-state index >= 15 is 0 Å². The van der Waals surface area contributed by atoms with Crippen LogP contribution in [-0.2, 0) is 0 Å². The van der Waals surface area contributed by atoms with Crippen molar-refractivity contribution in [1.29, 1.82) is 0 Å². The molecule has 3 heterocycles. The Balaban J connectivity index is 1.48. The summed E-state index contributed by atoms with van der Waals surface area (Å²) in [6.07, 6.45) is 3.33. The molecule has 0 N–H and O–H groups in total.